The van der Waals surface area contributed by atoms with Gasteiger partial charge in [0.1, 0.15) is 5.75 Å². The Bertz CT molecular complexity index is 671. The molecular formula is C15H15ClN2O2S. The van der Waals surface area contributed by atoms with Crippen molar-refractivity contribution >= 4 is 34.5 Å². The number of thiophene rings is 1. The highest BCUT2D eigenvalue weighted by Crippen LogP contribution is 2.29. The summed E-state index contributed by atoms with van der Waals surface area (Å²) in [6, 6.07) is 9.99. The van der Waals surface area contributed by atoms with Gasteiger partial charge in [0.05, 0.1) is 10.0 Å². The van der Waals surface area contributed by atoms with Crippen molar-refractivity contribution in [1.82, 2.24) is 5.32 Å². The maximum Gasteiger partial charge on any atom is 0.262 e. The van der Waals surface area contributed by atoms with E-state index in [1.165, 1.54) is 4.88 Å². The van der Waals surface area contributed by atoms with Crippen molar-refractivity contribution in [2.45, 2.75) is 19.5 Å². The second-order valence-corrected chi connectivity index (χ2v) is 6.66. The average molecular weight is 323 g/mol. The number of halogens is 1. The van der Waals surface area contributed by atoms with Crippen LogP contribution < -0.4 is 15.4 Å². The van der Waals surface area contributed by atoms with E-state index in [0.717, 1.165) is 21.3 Å². The molecule has 0 radical (unpaired) electrons. The van der Waals surface area contributed by atoms with Gasteiger partial charge < -0.3 is 15.4 Å². The van der Waals surface area contributed by atoms with Crippen LogP contribution in [-0.2, 0) is 11.3 Å². The van der Waals surface area contributed by atoms with E-state index >= 15 is 0 Å². The van der Waals surface area contributed by atoms with Gasteiger partial charge in [-0.15, -0.1) is 11.3 Å². The lowest BCUT2D eigenvalue weighted by molar-refractivity contribution is -0.118. The lowest BCUT2D eigenvalue weighted by Crippen LogP contribution is -2.25. The molecule has 1 amide bonds. The number of ether oxygens (including phenoxy) is 1. The van der Waals surface area contributed by atoms with Crippen molar-refractivity contribution in [1.29, 1.82) is 0 Å². The Kier molecular flexibility index (Phi) is 4.14. The fourth-order valence-corrected chi connectivity index (χ4v) is 3.26. The van der Waals surface area contributed by atoms with Crippen LogP contribution in [-0.4, -0.2) is 12.5 Å². The minimum atomic E-state index is -0.116. The van der Waals surface area contributed by atoms with Crippen molar-refractivity contribution in [2.75, 3.05) is 11.9 Å². The van der Waals surface area contributed by atoms with Gasteiger partial charge in [0.15, 0.2) is 6.61 Å². The molecule has 110 valence electrons. The molecule has 0 bridgehead atoms. The van der Waals surface area contributed by atoms with Crippen molar-refractivity contribution in [3.8, 4) is 5.75 Å². The molecule has 0 aliphatic carbocycles. The molecule has 2 heterocycles. The Morgan fingerprint density at radius 3 is 3.05 bits per heavy atom. The average Bonchev–Trinajstić information content (AvgIpc) is 2.91. The number of hydrogen-bond acceptors (Lipinski definition) is 4. The predicted octanol–water partition coefficient (Wildman–Crippen LogP) is 3.58. The third-order valence-electron chi connectivity index (χ3n) is 3.31. The summed E-state index contributed by atoms with van der Waals surface area (Å²) in [5, 5.41) is 6.26. The third-order valence-corrected chi connectivity index (χ3v) is 4.72. The van der Waals surface area contributed by atoms with Crippen LogP contribution in [0.3, 0.4) is 0 Å². The molecule has 21 heavy (non-hydrogen) atoms. The summed E-state index contributed by atoms with van der Waals surface area (Å²) in [5.41, 5.74) is 1.83. The first-order valence-electron chi connectivity index (χ1n) is 6.66. The van der Waals surface area contributed by atoms with Gasteiger partial charge >= 0.3 is 0 Å². The summed E-state index contributed by atoms with van der Waals surface area (Å²) in [6.45, 7) is 2.89. The SMILES string of the molecule is CC(NCc1ccc2c(c1)NC(=O)CO2)c1ccc(Cl)s1. The smallest absolute Gasteiger partial charge is 0.262 e. The third kappa shape index (κ3) is 3.37. The molecule has 6 heteroatoms. The summed E-state index contributed by atoms with van der Waals surface area (Å²) in [6.07, 6.45) is 0. The number of nitrogens with one attached hydrogen (secondary N) is 2. The number of rotatable bonds is 4. The zero-order valence-electron chi connectivity index (χ0n) is 11.5. The van der Waals surface area contributed by atoms with Crippen molar-refractivity contribution in [3.63, 3.8) is 0 Å². The number of carbonyl (C=O) groups is 1. The quantitative estimate of drug-likeness (QED) is 0.904. The van der Waals surface area contributed by atoms with Gasteiger partial charge in [-0.1, -0.05) is 17.7 Å². The monoisotopic (exact) mass is 322 g/mol. The van der Waals surface area contributed by atoms with E-state index in [9.17, 15) is 4.79 Å². The van der Waals surface area contributed by atoms with Crippen LogP contribution in [0.4, 0.5) is 5.69 Å². The Morgan fingerprint density at radius 1 is 1.43 bits per heavy atom. The van der Waals surface area contributed by atoms with Gasteiger partial charge in [-0.25, -0.2) is 0 Å². The molecule has 1 aliphatic heterocycles. The molecule has 4 nitrogen and oxygen atoms in total. The maximum absolute atomic E-state index is 11.3. The molecule has 0 saturated heterocycles. The molecule has 1 aliphatic rings. The largest absolute Gasteiger partial charge is 0.482 e. The number of benzene rings is 1. The van der Waals surface area contributed by atoms with Gasteiger partial charge in [-0.3, -0.25) is 4.79 Å². The Balaban J connectivity index is 1.65. The molecule has 0 saturated carbocycles. The number of hydrogen-bond donors (Lipinski definition) is 2. The molecule has 2 N–H and O–H groups in total. The number of amides is 1. The van der Waals surface area contributed by atoms with Crippen LogP contribution in [0, 0.1) is 0 Å². The van der Waals surface area contributed by atoms with Gasteiger partial charge in [0, 0.05) is 17.5 Å². The molecule has 1 aromatic heterocycles. The minimum Gasteiger partial charge on any atom is -0.482 e. The van der Waals surface area contributed by atoms with E-state index in [1.54, 1.807) is 11.3 Å². The summed E-state index contributed by atoms with van der Waals surface area (Å²) < 4.78 is 6.14. The number of carbonyl (C=O) groups excluding carboxylic acids is 1. The van der Waals surface area contributed by atoms with E-state index in [4.69, 9.17) is 16.3 Å². The van der Waals surface area contributed by atoms with E-state index in [0.29, 0.717) is 6.54 Å². The zero-order chi connectivity index (χ0) is 14.8. The van der Waals surface area contributed by atoms with Crippen molar-refractivity contribution in [2.24, 2.45) is 0 Å². The highest BCUT2D eigenvalue weighted by Gasteiger charge is 2.16. The van der Waals surface area contributed by atoms with Crippen LogP contribution in [0.15, 0.2) is 30.3 Å². The first kappa shape index (κ1) is 14.4. The standard InChI is InChI=1S/C15H15ClN2O2S/c1-9(13-4-5-14(16)21-13)17-7-10-2-3-12-11(6-10)18-15(19)8-20-12/h2-6,9,17H,7-8H2,1H3,(H,18,19). The highest BCUT2D eigenvalue weighted by molar-refractivity contribution is 7.16. The van der Waals surface area contributed by atoms with Gasteiger partial charge in [-0.05, 0) is 36.8 Å². The first-order chi connectivity index (χ1) is 10.1. The van der Waals surface area contributed by atoms with E-state index in [1.807, 2.05) is 30.3 Å². The van der Waals surface area contributed by atoms with Crippen LogP contribution in [0.25, 0.3) is 0 Å². The second kappa shape index (κ2) is 6.05. The maximum atomic E-state index is 11.3. The molecular weight excluding hydrogens is 308 g/mol. The Morgan fingerprint density at radius 2 is 2.29 bits per heavy atom. The topological polar surface area (TPSA) is 50.4 Å². The van der Waals surface area contributed by atoms with E-state index in [2.05, 4.69) is 17.6 Å². The number of fused-ring (bicyclic) bond motifs is 1. The Hall–Kier alpha value is -1.56. The van der Waals surface area contributed by atoms with Gasteiger partial charge in [-0.2, -0.15) is 0 Å². The van der Waals surface area contributed by atoms with Crippen LogP contribution in [0.5, 0.6) is 5.75 Å². The predicted molar refractivity (Wildman–Crippen MR) is 85.2 cm³/mol. The molecule has 0 spiro atoms. The first-order valence-corrected chi connectivity index (χ1v) is 7.85. The normalized spacial score (nSPS) is 15.0. The molecule has 1 aromatic carbocycles. The van der Waals surface area contributed by atoms with Crippen molar-refractivity contribution in [3.05, 3.63) is 45.1 Å². The minimum absolute atomic E-state index is 0.0841. The lowest BCUT2D eigenvalue weighted by atomic mass is 10.1. The summed E-state index contributed by atoms with van der Waals surface area (Å²) in [5.74, 6) is 0.602. The highest BCUT2D eigenvalue weighted by atomic mass is 35.5. The van der Waals surface area contributed by atoms with Crippen molar-refractivity contribution < 1.29 is 9.53 Å². The van der Waals surface area contributed by atoms with Crippen LogP contribution in [0.2, 0.25) is 4.34 Å². The lowest BCUT2D eigenvalue weighted by Gasteiger charge is -2.19. The number of anilines is 1. The van der Waals surface area contributed by atoms with Gasteiger partial charge in [0.2, 0.25) is 0 Å². The van der Waals surface area contributed by atoms with Crippen LogP contribution >= 0.6 is 22.9 Å². The van der Waals surface area contributed by atoms with Gasteiger partial charge in [0.25, 0.3) is 5.91 Å². The summed E-state index contributed by atoms with van der Waals surface area (Å²) in [4.78, 5) is 12.5. The second-order valence-electron chi connectivity index (χ2n) is 4.91. The summed E-state index contributed by atoms with van der Waals surface area (Å²) >= 11 is 7.53. The van der Waals surface area contributed by atoms with Crippen LogP contribution in [0.1, 0.15) is 23.4 Å². The summed E-state index contributed by atoms with van der Waals surface area (Å²) in [7, 11) is 0. The van der Waals surface area contributed by atoms with E-state index < -0.39 is 0 Å². The fourth-order valence-electron chi connectivity index (χ4n) is 2.17. The molecule has 2 aromatic rings. The molecule has 0 fully saturated rings. The fraction of sp³-hybridized carbons (Fsp3) is 0.267. The molecule has 1 atom stereocenters. The molecule has 3 rings (SSSR count). The Labute approximate surface area is 132 Å². The zero-order valence-corrected chi connectivity index (χ0v) is 13.1. The molecule has 1 unspecified atom stereocenters. The van der Waals surface area contributed by atoms with E-state index in [-0.39, 0.29) is 18.6 Å².